The fraction of sp³-hybridized carbons (Fsp3) is 0.286. The minimum atomic E-state index is -0.109. The molecule has 0 radical (unpaired) electrons. The Bertz CT molecular complexity index is 855. The van der Waals surface area contributed by atoms with Gasteiger partial charge in [0.1, 0.15) is 0 Å². The third-order valence-corrected chi connectivity index (χ3v) is 4.53. The molecule has 1 fully saturated rings. The molecule has 0 spiro atoms. The first kappa shape index (κ1) is 18.6. The first-order valence-electron chi connectivity index (χ1n) is 9.03. The van der Waals surface area contributed by atoms with Crippen LogP contribution in [-0.2, 0) is 4.79 Å². The van der Waals surface area contributed by atoms with E-state index in [2.05, 4.69) is 21.6 Å². The van der Waals surface area contributed by atoms with Gasteiger partial charge in [-0.3, -0.25) is 14.5 Å². The number of nitrogens with zero attached hydrogens (tertiary/aromatic N) is 2. The topological polar surface area (TPSA) is 85.2 Å². The van der Waals surface area contributed by atoms with Crippen molar-refractivity contribution >= 4 is 11.8 Å². The van der Waals surface area contributed by atoms with Crippen LogP contribution in [0.15, 0.2) is 48.5 Å². The van der Waals surface area contributed by atoms with Gasteiger partial charge in [-0.1, -0.05) is 24.3 Å². The van der Waals surface area contributed by atoms with Crippen molar-refractivity contribution in [2.24, 2.45) is 0 Å². The molecule has 0 unspecified atom stereocenters. The summed E-state index contributed by atoms with van der Waals surface area (Å²) in [5, 5.41) is 14.6. The van der Waals surface area contributed by atoms with Crippen molar-refractivity contribution in [2.45, 2.75) is 6.42 Å². The molecule has 138 valence electrons. The highest BCUT2D eigenvalue weighted by atomic mass is 16.2. The third kappa shape index (κ3) is 5.16. The molecule has 0 aromatic heterocycles. The standard InChI is InChI=1S/C21H22N4O2/c22-14-16-5-7-17(8-6-16)18-3-1-4-19(13-18)21(27)24-9-2-11-25-12-10-23-20(26)15-25/h1,3-8,13H,2,9-12,15H2,(H,23,26)(H,24,27). The van der Waals surface area contributed by atoms with Crippen LogP contribution in [0, 0.1) is 11.3 Å². The molecule has 2 amide bonds. The molecule has 2 aromatic carbocycles. The van der Waals surface area contributed by atoms with Gasteiger partial charge >= 0.3 is 0 Å². The SMILES string of the molecule is N#Cc1ccc(-c2cccc(C(=O)NCCCN3CCNC(=O)C3)c2)cc1. The highest BCUT2D eigenvalue weighted by Crippen LogP contribution is 2.21. The zero-order chi connectivity index (χ0) is 19.1. The molecule has 2 aromatic rings. The van der Waals surface area contributed by atoms with Gasteiger partial charge in [0.25, 0.3) is 5.91 Å². The van der Waals surface area contributed by atoms with Crippen molar-refractivity contribution < 1.29 is 9.59 Å². The van der Waals surface area contributed by atoms with Gasteiger partial charge in [-0.25, -0.2) is 0 Å². The van der Waals surface area contributed by atoms with Gasteiger partial charge in [0.2, 0.25) is 5.91 Å². The van der Waals surface area contributed by atoms with Crippen molar-refractivity contribution in [1.82, 2.24) is 15.5 Å². The lowest BCUT2D eigenvalue weighted by atomic mass is 10.0. The Kier molecular flexibility index (Phi) is 6.18. The molecular weight excluding hydrogens is 340 g/mol. The quantitative estimate of drug-likeness (QED) is 0.767. The van der Waals surface area contributed by atoms with Crippen LogP contribution in [0.25, 0.3) is 11.1 Å². The Labute approximate surface area is 158 Å². The van der Waals surface area contributed by atoms with Crippen LogP contribution < -0.4 is 10.6 Å². The summed E-state index contributed by atoms with van der Waals surface area (Å²) in [6.07, 6.45) is 0.800. The van der Waals surface area contributed by atoms with Crippen LogP contribution in [-0.4, -0.2) is 49.4 Å². The largest absolute Gasteiger partial charge is 0.354 e. The molecule has 0 bridgehead atoms. The van der Waals surface area contributed by atoms with Crippen LogP contribution in [0.3, 0.4) is 0 Å². The van der Waals surface area contributed by atoms with Gasteiger partial charge in [-0.05, 0) is 41.8 Å². The van der Waals surface area contributed by atoms with Gasteiger partial charge in [0, 0.05) is 31.7 Å². The number of carbonyl (C=O) groups excluding carboxylic acids is 2. The lowest BCUT2D eigenvalue weighted by Gasteiger charge is -2.26. The second-order valence-electron chi connectivity index (χ2n) is 6.51. The number of benzene rings is 2. The van der Waals surface area contributed by atoms with Crippen molar-refractivity contribution in [3.8, 4) is 17.2 Å². The molecule has 0 saturated carbocycles. The average molecular weight is 362 g/mol. The molecule has 6 heteroatoms. The van der Waals surface area contributed by atoms with Gasteiger partial charge in [-0.2, -0.15) is 5.26 Å². The molecule has 3 rings (SSSR count). The van der Waals surface area contributed by atoms with Crippen molar-refractivity contribution in [3.05, 3.63) is 59.7 Å². The molecule has 0 atom stereocenters. The highest BCUT2D eigenvalue weighted by Gasteiger charge is 2.15. The molecule has 1 saturated heterocycles. The smallest absolute Gasteiger partial charge is 0.251 e. The Morgan fingerprint density at radius 3 is 2.74 bits per heavy atom. The predicted molar refractivity (Wildman–Crippen MR) is 103 cm³/mol. The van der Waals surface area contributed by atoms with E-state index in [1.807, 2.05) is 30.3 Å². The predicted octanol–water partition coefficient (Wildman–Crippen LogP) is 1.78. The number of amides is 2. The van der Waals surface area contributed by atoms with E-state index in [9.17, 15) is 9.59 Å². The highest BCUT2D eigenvalue weighted by molar-refractivity contribution is 5.95. The first-order chi connectivity index (χ1) is 13.2. The third-order valence-electron chi connectivity index (χ3n) is 4.53. The maximum atomic E-state index is 12.4. The molecule has 1 heterocycles. The minimum absolute atomic E-state index is 0.0601. The number of piperazine rings is 1. The maximum absolute atomic E-state index is 12.4. The minimum Gasteiger partial charge on any atom is -0.354 e. The van der Waals surface area contributed by atoms with Gasteiger partial charge in [-0.15, -0.1) is 0 Å². The number of hydrogen-bond acceptors (Lipinski definition) is 4. The zero-order valence-electron chi connectivity index (χ0n) is 15.1. The summed E-state index contributed by atoms with van der Waals surface area (Å²) in [6, 6.07) is 16.8. The number of hydrogen-bond donors (Lipinski definition) is 2. The zero-order valence-corrected chi connectivity index (χ0v) is 15.1. The second kappa shape index (κ2) is 8.97. The Hall–Kier alpha value is -3.17. The summed E-state index contributed by atoms with van der Waals surface area (Å²) in [4.78, 5) is 25.8. The van der Waals surface area contributed by atoms with Crippen LogP contribution in [0.4, 0.5) is 0 Å². The van der Waals surface area contributed by atoms with E-state index in [0.29, 0.717) is 30.8 Å². The lowest BCUT2D eigenvalue weighted by Crippen LogP contribution is -2.48. The van der Waals surface area contributed by atoms with Crippen molar-refractivity contribution in [3.63, 3.8) is 0 Å². The summed E-state index contributed by atoms with van der Waals surface area (Å²) < 4.78 is 0. The van der Waals surface area contributed by atoms with E-state index in [1.54, 1.807) is 18.2 Å². The normalized spacial score (nSPS) is 14.3. The fourth-order valence-electron chi connectivity index (χ4n) is 3.07. The maximum Gasteiger partial charge on any atom is 0.251 e. The summed E-state index contributed by atoms with van der Waals surface area (Å²) >= 11 is 0. The lowest BCUT2D eigenvalue weighted by molar-refractivity contribution is -0.124. The average Bonchev–Trinajstić information content (AvgIpc) is 2.71. The molecule has 1 aliphatic heterocycles. The van der Waals surface area contributed by atoms with Gasteiger partial charge in [0.15, 0.2) is 0 Å². The molecule has 27 heavy (non-hydrogen) atoms. The van der Waals surface area contributed by atoms with Crippen LogP contribution in [0.5, 0.6) is 0 Å². The van der Waals surface area contributed by atoms with Gasteiger partial charge < -0.3 is 10.6 Å². The second-order valence-corrected chi connectivity index (χ2v) is 6.51. The number of carbonyl (C=O) groups is 2. The monoisotopic (exact) mass is 362 g/mol. The van der Waals surface area contributed by atoms with Crippen LogP contribution in [0.2, 0.25) is 0 Å². The van der Waals surface area contributed by atoms with Crippen LogP contribution >= 0.6 is 0 Å². The summed E-state index contributed by atoms with van der Waals surface area (Å²) in [7, 11) is 0. The first-order valence-corrected chi connectivity index (χ1v) is 9.03. The van der Waals surface area contributed by atoms with Crippen molar-refractivity contribution in [2.75, 3.05) is 32.7 Å². The molecule has 0 aliphatic carbocycles. The number of nitriles is 1. The summed E-state index contributed by atoms with van der Waals surface area (Å²) in [5.41, 5.74) is 3.12. The van der Waals surface area contributed by atoms with E-state index < -0.39 is 0 Å². The fourth-order valence-corrected chi connectivity index (χ4v) is 3.07. The molecule has 2 N–H and O–H groups in total. The molecule has 1 aliphatic rings. The van der Waals surface area contributed by atoms with Crippen molar-refractivity contribution in [1.29, 1.82) is 5.26 Å². The molecular formula is C21H22N4O2. The molecule has 6 nitrogen and oxygen atoms in total. The Balaban J connectivity index is 1.52. The van der Waals surface area contributed by atoms with E-state index >= 15 is 0 Å². The van der Waals surface area contributed by atoms with Crippen LogP contribution in [0.1, 0.15) is 22.3 Å². The van der Waals surface area contributed by atoms with E-state index in [0.717, 1.165) is 30.6 Å². The Morgan fingerprint density at radius 1 is 1.19 bits per heavy atom. The van der Waals surface area contributed by atoms with Gasteiger partial charge in [0.05, 0.1) is 18.2 Å². The number of nitrogens with one attached hydrogen (secondary N) is 2. The van der Waals surface area contributed by atoms with E-state index in [4.69, 9.17) is 5.26 Å². The summed E-state index contributed by atoms with van der Waals surface area (Å²) in [6.45, 7) is 3.33. The van der Waals surface area contributed by atoms with E-state index in [-0.39, 0.29) is 11.8 Å². The Morgan fingerprint density at radius 2 is 2.00 bits per heavy atom. The van der Waals surface area contributed by atoms with E-state index in [1.165, 1.54) is 0 Å². The summed E-state index contributed by atoms with van der Waals surface area (Å²) in [5.74, 6) is -0.0493. The number of rotatable bonds is 6.